The molecule has 40 heavy (non-hydrogen) atoms. The first-order chi connectivity index (χ1) is 18.9. The van der Waals surface area contributed by atoms with Crippen LogP contribution in [0.15, 0.2) is 72.8 Å². The number of hydrogen-bond acceptors (Lipinski definition) is 4. The molecule has 2 N–H and O–H groups in total. The maximum absolute atomic E-state index is 14.3. The second-order valence-electron chi connectivity index (χ2n) is 11.0. The number of carbonyl (C=O) groups is 3. The SMILES string of the molecule is CCN(C(=O)C(Cc1ccccc1)NC(=O)OC(C)(C)C)C(C(=O)Nc1ccccc1C)c1cccc(C)c1C. The summed E-state index contributed by atoms with van der Waals surface area (Å²) in [4.78, 5) is 42.7. The number of alkyl carbamates (subject to hydrolysis) is 1. The molecule has 0 aliphatic carbocycles. The summed E-state index contributed by atoms with van der Waals surface area (Å²) in [5.74, 6) is -0.697. The Bertz CT molecular complexity index is 1330. The number of anilines is 1. The van der Waals surface area contributed by atoms with Crippen molar-refractivity contribution < 1.29 is 19.1 Å². The first-order valence-corrected chi connectivity index (χ1v) is 13.7. The van der Waals surface area contributed by atoms with E-state index in [1.165, 1.54) is 0 Å². The van der Waals surface area contributed by atoms with Crippen molar-refractivity contribution in [2.24, 2.45) is 0 Å². The quantitative estimate of drug-likeness (QED) is 0.333. The molecular formula is C33H41N3O4. The largest absolute Gasteiger partial charge is 0.444 e. The smallest absolute Gasteiger partial charge is 0.408 e. The van der Waals surface area contributed by atoms with Crippen LogP contribution in [-0.4, -0.2) is 41.0 Å². The third-order valence-corrected chi connectivity index (χ3v) is 6.80. The van der Waals surface area contributed by atoms with Gasteiger partial charge in [0.2, 0.25) is 5.91 Å². The van der Waals surface area contributed by atoms with Crippen molar-refractivity contribution in [1.29, 1.82) is 0 Å². The minimum Gasteiger partial charge on any atom is -0.444 e. The Kier molecular flexibility index (Phi) is 10.1. The molecule has 0 aliphatic rings. The molecule has 0 aliphatic heterocycles. The highest BCUT2D eigenvalue weighted by atomic mass is 16.6. The topological polar surface area (TPSA) is 87.7 Å². The molecular weight excluding hydrogens is 502 g/mol. The van der Waals surface area contributed by atoms with Gasteiger partial charge in [0, 0.05) is 18.7 Å². The summed E-state index contributed by atoms with van der Waals surface area (Å²) >= 11 is 0. The standard InChI is InChI=1S/C33H41N3O4/c1-8-36(31(38)28(21-25-17-10-9-11-18-25)35-32(39)40-33(5,6)7)29(26-19-14-16-22(2)24(26)4)30(37)34-27-20-13-12-15-23(27)3/h9-20,28-29H,8,21H2,1-7H3,(H,34,37)(H,35,39). The van der Waals surface area contributed by atoms with Gasteiger partial charge in [-0.15, -0.1) is 0 Å². The molecule has 7 heteroatoms. The van der Waals surface area contributed by atoms with E-state index < -0.39 is 23.8 Å². The zero-order valence-corrected chi connectivity index (χ0v) is 24.6. The summed E-state index contributed by atoms with van der Waals surface area (Å²) in [6, 6.07) is 20.9. The molecule has 3 rings (SSSR count). The maximum atomic E-state index is 14.3. The van der Waals surface area contributed by atoms with Gasteiger partial charge in [0.1, 0.15) is 17.7 Å². The fourth-order valence-corrected chi connectivity index (χ4v) is 4.60. The lowest BCUT2D eigenvalue weighted by atomic mass is 9.94. The van der Waals surface area contributed by atoms with Crippen LogP contribution in [0.25, 0.3) is 0 Å². The summed E-state index contributed by atoms with van der Waals surface area (Å²) in [5.41, 5.74) is 4.42. The maximum Gasteiger partial charge on any atom is 0.408 e. The van der Waals surface area contributed by atoms with Crippen LogP contribution in [-0.2, 0) is 20.7 Å². The van der Waals surface area contributed by atoms with Gasteiger partial charge in [-0.3, -0.25) is 9.59 Å². The fraction of sp³-hybridized carbons (Fsp3) is 0.364. The van der Waals surface area contributed by atoms with Crippen LogP contribution >= 0.6 is 0 Å². The Hall–Kier alpha value is -4.13. The zero-order chi connectivity index (χ0) is 29.4. The van der Waals surface area contributed by atoms with Crippen LogP contribution < -0.4 is 10.6 Å². The first-order valence-electron chi connectivity index (χ1n) is 13.7. The Morgan fingerprint density at radius 2 is 1.48 bits per heavy atom. The normalized spacial score (nSPS) is 12.7. The number of likely N-dealkylation sites (N-methyl/N-ethyl adjacent to an activating group) is 1. The number of hydrogen-bond donors (Lipinski definition) is 2. The molecule has 0 saturated carbocycles. The average Bonchev–Trinajstić information content (AvgIpc) is 2.89. The minimum absolute atomic E-state index is 0.244. The number of para-hydroxylation sites is 1. The van der Waals surface area contributed by atoms with Crippen molar-refractivity contribution in [3.63, 3.8) is 0 Å². The molecule has 3 amide bonds. The lowest BCUT2D eigenvalue weighted by molar-refractivity contribution is -0.140. The molecule has 2 atom stereocenters. The van der Waals surface area contributed by atoms with E-state index in [4.69, 9.17) is 4.74 Å². The summed E-state index contributed by atoms with van der Waals surface area (Å²) in [5, 5.41) is 5.82. The molecule has 2 unspecified atom stereocenters. The molecule has 0 radical (unpaired) electrons. The van der Waals surface area contributed by atoms with Gasteiger partial charge in [0.15, 0.2) is 0 Å². The van der Waals surface area contributed by atoms with Crippen molar-refractivity contribution in [3.05, 3.63) is 101 Å². The molecule has 0 saturated heterocycles. The van der Waals surface area contributed by atoms with Gasteiger partial charge in [-0.25, -0.2) is 4.79 Å². The van der Waals surface area contributed by atoms with Crippen molar-refractivity contribution in [1.82, 2.24) is 10.2 Å². The molecule has 0 fully saturated rings. The second-order valence-corrected chi connectivity index (χ2v) is 11.0. The van der Waals surface area contributed by atoms with E-state index in [1.54, 1.807) is 25.7 Å². The number of nitrogens with zero attached hydrogens (tertiary/aromatic N) is 1. The lowest BCUT2D eigenvalue weighted by Crippen LogP contribution is -2.53. The Labute approximate surface area is 237 Å². The third-order valence-electron chi connectivity index (χ3n) is 6.80. The highest BCUT2D eigenvalue weighted by molar-refractivity contribution is 5.99. The second kappa shape index (κ2) is 13.3. The number of aryl methyl sites for hydroxylation is 2. The summed E-state index contributed by atoms with van der Waals surface area (Å²) in [7, 11) is 0. The first kappa shape index (κ1) is 30.4. The summed E-state index contributed by atoms with van der Waals surface area (Å²) in [6.45, 7) is 13.3. The predicted octanol–water partition coefficient (Wildman–Crippen LogP) is 6.28. The fourth-order valence-electron chi connectivity index (χ4n) is 4.60. The summed E-state index contributed by atoms with van der Waals surface area (Å²) in [6.07, 6.45) is -0.445. The molecule has 3 aromatic carbocycles. The van der Waals surface area contributed by atoms with Gasteiger partial charge in [0.05, 0.1) is 0 Å². The van der Waals surface area contributed by atoms with Crippen LogP contribution in [0.3, 0.4) is 0 Å². The number of nitrogens with one attached hydrogen (secondary N) is 2. The molecule has 3 aromatic rings. The van der Waals surface area contributed by atoms with E-state index in [0.29, 0.717) is 5.69 Å². The minimum atomic E-state index is -0.948. The van der Waals surface area contributed by atoms with Crippen molar-refractivity contribution in [3.8, 4) is 0 Å². The summed E-state index contributed by atoms with van der Waals surface area (Å²) < 4.78 is 5.49. The number of carbonyl (C=O) groups excluding carboxylic acids is 3. The van der Waals surface area contributed by atoms with Crippen LogP contribution in [0.1, 0.15) is 61.6 Å². The molecule has 0 bridgehead atoms. The average molecular weight is 544 g/mol. The number of benzene rings is 3. The highest BCUT2D eigenvalue weighted by Gasteiger charge is 2.36. The van der Waals surface area contributed by atoms with E-state index in [2.05, 4.69) is 10.6 Å². The van der Waals surface area contributed by atoms with Crippen LogP contribution in [0.4, 0.5) is 10.5 Å². The monoisotopic (exact) mass is 543 g/mol. The third kappa shape index (κ3) is 7.94. The van der Waals surface area contributed by atoms with Gasteiger partial charge < -0.3 is 20.3 Å². The Morgan fingerprint density at radius 3 is 2.10 bits per heavy atom. The zero-order valence-electron chi connectivity index (χ0n) is 24.6. The number of ether oxygens (including phenoxy) is 1. The number of amides is 3. The van der Waals surface area contributed by atoms with E-state index >= 15 is 0 Å². The van der Waals surface area contributed by atoms with E-state index in [1.807, 2.05) is 100 Å². The van der Waals surface area contributed by atoms with E-state index in [9.17, 15) is 14.4 Å². The molecule has 0 heterocycles. The molecule has 7 nitrogen and oxygen atoms in total. The Morgan fingerprint density at radius 1 is 0.850 bits per heavy atom. The highest BCUT2D eigenvalue weighted by Crippen LogP contribution is 2.29. The van der Waals surface area contributed by atoms with E-state index in [-0.39, 0.29) is 24.8 Å². The van der Waals surface area contributed by atoms with Crippen molar-refractivity contribution in [2.45, 2.75) is 72.6 Å². The van der Waals surface area contributed by atoms with Crippen molar-refractivity contribution in [2.75, 3.05) is 11.9 Å². The predicted molar refractivity (Wildman–Crippen MR) is 159 cm³/mol. The van der Waals surface area contributed by atoms with Crippen molar-refractivity contribution >= 4 is 23.6 Å². The Balaban J connectivity index is 2.05. The van der Waals surface area contributed by atoms with Gasteiger partial charge in [-0.1, -0.05) is 66.7 Å². The molecule has 0 spiro atoms. The van der Waals surface area contributed by atoms with Gasteiger partial charge >= 0.3 is 6.09 Å². The van der Waals surface area contributed by atoms with Gasteiger partial charge in [0.25, 0.3) is 5.91 Å². The van der Waals surface area contributed by atoms with Crippen LogP contribution in [0, 0.1) is 20.8 Å². The lowest BCUT2D eigenvalue weighted by Gasteiger charge is -2.34. The van der Waals surface area contributed by atoms with Gasteiger partial charge in [-0.2, -0.15) is 0 Å². The number of rotatable bonds is 9. The molecule has 212 valence electrons. The van der Waals surface area contributed by atoms with Gasteiger partial charge in [-0.05, 0) is 82.3 Å². The van der Waals surface area contributed by atoms with Crippen LogP contribution in [0.2, 0.25) is 0 Å². The van der Waals surface area contributed by atoms with E-state index in [0.717, 1.165) is 27.8 Å². The van der Waals surface area contributed by atoms with Crippen LogP contribution in [0.5, 0.6) is 0 Å². The molecule has 0 aromatic heterocycles.